The van der Waals surface area contributed by atoms with Crippen molar-refractivity contribution in [2.75, 3.05) is 0 Å². The molecular formula is C5Cl2F10. The second-order valence-corrected chi connectivity index (χ2v) is 4.05. The Bertz CT molecular complexity index is 258. The van der Waals surface area contributed by atoms with Gasteiger partial charge in [0, 0.05) is 0 Å². The third kappa shape index (κ3) is 2.38. The van der Waals surface area contributed by atoms with Gasteiger partial charge in [-0.1, -0.05) is 23.2 Å². The van der Waals surface area contributed by atoms with Gasteiger partial charge < -0.3 is 0 Å². The second-order valence-electron chi connectivity index (χ2n) is 2.72. The summed E-state index contributed by atoms with van der Waals surface area (Å²) in [6, 6.07) is 0. The first-order valence-corrected chi connectivity index (χ1v) is 4.02. The van der Waals surface area contributed by atoms with Crippen molar-refractivity contribution in [3.63, 3.8) is 0 Å². The van der Waals surface area contributed by atoms with Crippen LogP contribution in [0, 0.1) is 0 Å². The summed E-state index contributed by atoms with van der Waals surface area (Å²) in [7, 11) is 0. The molecule has 0 radical (unpaired) electrons. The van der Waals surface area contributed by atoms with Gasteiger partial charge in [0.2, 0.25) is 0 Å². The van der Waals surface area contributed by atoms with Gasteiger partial charge in [-0.15, -0.1) is 0 Å². The van der Waals surface area contributed by atoms with E-state index in [1.807, 2.05) is 0 Å². The molecule has 0 aromatic rings. The third-order valence-corrected chi connectivity index (χ3v) is 2.45. The van der Waals surface area contributed by atoms with Gasteiger partial charge in [-0.05, 0) is 0 Å². The number of hydrogen-bond acceptors (Lipinski definition) is 0. The predicted octanol–water partition coefficient (Wildman–Crippen LogP) is 4.56. The van der Waals surface area contributed by atoms with Gasteiger partial charge >= 0.3 is 24.2 Å². The average molecular weight is 321 g/mol. The minimum absolute atomic E-state index is 3.91. The first kappa shape index (κ1) is 16.9. The van der Waals surface area contributed by atoms with Crippen LogP contribution in [0.4, 0.5) is 43.9 Å². The molecular weight excluding hydrogens is 321 g/mol. The fourth-order valence-corrected chi connectivity index (χ4v) is 0.982. The Hall–Kier alpha value is -0.120. The van der Waals surface area contributed by atoms with E-state index in [2.05, 4.69) is 23.2 Å². The highest BCUT2D eigenvalue weighted by atomic mass is 35.5. The molecule has 0 saturated heterocycles. The van der Waals surface area contributed by atoms with Crippen LogP contribution in [0.15, 0.2) is 0 Å². The maximum absolute atomic E-state index is 12.4. The maximum Gasteiger partial charge on any atom is 0.456 e. The molecule has 0 rings (SSSR count). The van der Waals surface area contributed by atoms with Crippen LogP contribution >= 0.6 is 23.2 Å². The molecule has 0 fully saturated rings. The second kappa shape index (κ2) is 3.94. The Morgan fingerprint density at radius 2 is 0.647 bits per heavy atom. The molecule has 0 spiro atoms. The Morgan fingerprint density at radius 3 is 0.765 bits per heavy atom. The largest absolute Gasteiger partial charge is 0.456 e. The Labute approximate surface area is 96.5 Å². The van der Waals surface area contributed by atoms with E-state index in [1.165, 1.54) is 0 Å². The van der Waals surface area contributed by atoms with Crippen molar-refractivity contribution in [3.05, 3.63) is 0 Å². The number of halogens is 12. The molecule has 0 amide bonds. The average Bonchev–Trinajstić information content (AvgIpc) is 1.98. The van der Waals surface area contributed by atoms with Crippen LogP contribution in [0.5, 0.6) is 0 Å². The van der Waals surface area contributed by atoms with Crippen LogP contribution < -0.4 is 0 Å². The van der Waals surface area contributed by atoms with Crippen LogP contribution in [0.25, 0.3) is 0 Å². The van der Waals surface area contributed by atoms with E-state index in [1.54, 1.807) is 0 Å². The van der Waals surface area contributed by atoms with Crippen molar-refractivity contribution in [2.24, 2.45) is 0 Å². The van der Waals surface area contributed by atoms with Gasteiger partial charge in [0.05, 0.1) is 0 Å². The quantitative estimate of drug-likeness (QED) is 0.517. The normalized spacial score (nSPS) is 16.2. The van der Waals surface area contributed by atoms with Crippen molar-refractivity contribution in [1.82, 2.24) is 0 Å². The summed E-state index contributed by atoms with van der Waals surface area (Å²) < 4.78 is 114. The monoisotopic (exact) mass is 320 g/mol. The standard InChI is InChI=1S/C5Cl2F10/c6-1(7,2(8,9)4(12,13)14)3(10,11)5(15,16)17. The first-order chi connectivity index (χ1) is 7.00. The lowest BCUT2D eigenvalue weighted by atomic mass is 10.1. The highest BCUT2D eigenvalue weighted by molar-refractivity contribution is 6.50. The third-order valence-electron chi connectivity index (χ3n) is 1.50. The van der Waals surface area contributed by atoms with Gasteiger partial charge in [-0.3, -0.25) is 0 Å². The van der Waals surface area contributed by atoms with Crippen molar-refractivity contribution in [2.45, 2.75) is 28.5 Å². The smallest absolute Gasteiger partial charge is 0.193 e. The van der Waals surface area contributed by atoms with Crippen LogP contribution in [0.3, 0.4) is 0 Å². The lowest BCUT2D eigenvalue weighted by Crippen LogP contribution is -2.64. The highest BCUT2D eigenvalue weighted by Gasteiger charge is 2.84. The van der Waals surface area contributed by atoms with Crippen molar-refractivity contribution in [3.8, 4) is 0 Å². The summed E-state index contributed by atoms with van der Waals surface area (Å²) >= 11 is 7.83. The topological polar surface area (TPSA) is 0 Å². The molecule has 0 aromatic carbocycles. The SMILES string of the molecule is FC(F)(F)C(F)(F)C(Cl)(Cl)C(F)(F)C(F)(F)F. The summed E-state index contributed by atoms with van der Waals surface area (Å²) in [6.07, 6.45) is -13.5. The van der Waals surface area contributed by atoms with E-state index >= 15 is 0 Å². The van der Waals surface area contributed by atoms with Gasteiger partial charge in [0.25, 0.3) is 4.33 Å². The molecule has 0 saturated carbocycles. The molecule has 0 bridgehead atoms. The van der Waals surface area contributed by atoms with E-state index in [0.717, 1.165) is 0 Å². The van der Waals surface area contributed by atoms with E-state index < -0.39 is 28.5 Å². The van der Waals surface area contributed by atoms with Crippen LogP contribution in [-0.2, 0) is 0 Å². The minimum atomic E-state index is -6.77. The lowest BCUT2D eigenvalue weighted by Gasteiger charge is -2.37. The van der Waals surface area contributed by atoms with Crippen LogP contribution in [-0.4, -0.2) is 28.5 Å². The molecule has 0 aromatic heterocycles. The fourth-order valence-electron chi connectivity index (χ4n) is 0.553. The van der Waals surface area contributed by atoms with Crippen LogP contribution in [0.2, 0.25) is 0 Å². The van der Waals surface area contributed by atoms with Gasteiger partial charge in [-0.2, -0.15) is 43.9 Å². The Balaban J connectivity index is 5.73. The number of hydrogen-bond donors (Lipinski definition) is 0. The van der Waals surface area contributed by atoms with Crippen molar-refractivity contribution < 1.29 is 43.9 Å². The molecule has 17 heavy (non-hydrogen) atoms. The van der Waals surface area contributed by atoms with E-state index in [-0.39, 0.29) is 0 Å². The molecule has 0 heterocycles. The van der Waals surface area contributed by atoms with E-state index in [9.17, 15) is 43.9 Å². The summed E-state index contributed by atoms with van der Waals surface area (Å²) in [5, 5.41) is 0. The summed E-state index contributed by atoms with van der Waals surface area (Å²) in [6.45, 7) is 0. The van der Waals surface area contributed by atoms with Crippen molar-refractivity contribution in [1.29, 1.82) is 0 Å². The van der Waals surface area contributed by atoms with Gasteiger partial charge in [-0.25, -0.2) is 0 Å². The van der Waals surface area contributed by atoms with Gasteiger partial charge in [0.1, 0.15) is 0 Å². The molecule has 0 aliphatic rings. The zero-order valence-corrected chi connectivity index (χ0v) is 8.55. The number of alkyl halides is 12. The van der Waals surface area contributed by atoms with Gasteiger partial charge in [0.15, 0.2) is 0 Å². The number of rotatable bonds is 2. The highest BCUT2D eigenvalue weighted by Crippen LogP contribution is 2.60. The van der Waals surface area contributed by atoms with Crippen molar-refractivity contribution >= 4 is 23.2 Å². The zero-order chi connectivity index (χ0) is 14.5. The molecule has 0 atom stereocenters. The summed E-state index contributed by atoms with van der Waals surface area (Å²) in [5.74, 6) is -13.3. The molecule has 104 valence electrons. The molecule has 0 N–H and O–H groups in total. The Kier molecular flexibility index (Phi) is 3.91. The predicted molar refractivity (Wildman–Crippen MR) is 36.4 cm³/mol. The molecule has 0 unspecified atom stereocenters. The van der Waals surface area contributed by atoms with E-state index in [4.69, 9.17) is 0 Å². The lowest BCUT2D eigenvalue weighted by molar-refractivity contribution is -0.347. The summed E-state index contributed by atoms with van der Waals surface area (Å²) in [4.78, 5) is 0. The summed E-state index contributed by atoms with van der Waals surface area (Å²) in [5.41, 5.74) is 0. The molecule has 0 nitrogen and oxygen atoms in total. The zero-order valence-electron chi connectivity index (χ0n) is 7.04. The fraction of sp³-hybridized carbons (Fsp3) is 1.00. The van der Waals surface area contributed by atoms with E-state index in [0.29, 0.717) is 0 Å². The molecule has 12 heteroatoms. The maximum atomic E-state index is 12.4. The van der Waals surface area contributed by atoms with Crippen LogP contribution in [0.1, 0.15) is 0 Å². The first-order valence-electron chi connectivity index (χ1n) is 3.27. The Morgan fingerprint density at radius 1 is 0.471 bits per heavy atom. The molecule has 0 aliphatic heterocycles. The minimum Gasteiger partial charge on any atom is -0.193 e. The molecule has 0 aliphatic carbocycles.